The number of aromatic carboxylic acids is 1. The molecule has 0 fully saturated rings. The summed E-state index contributed by atoms with van der Waals surface area (Å²) in [5.74, 6) is -1.08. The molecule has 0 amide bonds. The van der Waals surface area contributed by atoms with Crippen molar-refractivity contribution < 1.29 is 23.1 Å². The molecule has 21 heavy (non-hydrogen) atoms. The standard InChI is InChI=1S/C14H19NO5S/c1-4-7-20-13-6-5-11(8-12(13)14(16)17)21(18,19)15-9-10(2)3/h5-6,8,15H,2,4,7,9H2,1,3H3,(H,16,17). The average molecular weight is 313 g/mol. The van der Waals surface area contributed by atoms with Gasteiger partial charge >= 0.3 is 5.97 Å². The molecule has 0 saturated heterocycles. The van der Waals surface area contributed by atoms with Gasteiger partial charge in [-0.05, 0) is 31.5 Å². The molecule has 0 spiro atoms. The Morgan fingerprint density at radius 1 is 1.43 bits per heavy atom. The number of carboxylic acid groups (broad SMARTS) is 1. The molecule has 0 atom stereocenters. The summed E-state index contributed by atoms with van der Waals surface area (Å²) in [6, 6.07) is 3.76. The van der Waals surface area contributed by atoms with Crippen molar-refractivity contribution in [1.82, 2.24) is 4.72 Å². The normalized spacial score (nSPS) is 11.1. The van der Waals surface area contributed by atoms with E-state index in [9.17, 15) is 13.2 Å². The Hall–Kier alpha value is -1.86. The fourth-order valence-electron chi connectivity index (χ4n) is 1.48. The third-order valence-corrected chi connectivity index (χ3v) is 3.92. The zero-order valence-corrected chi connectivity index (χ0v) is 12.9. The number of hydrogen-bond donors (Lipinski definition) is 2. The van der Waals surface area contributed by atoms with Crippen LogP contribution in [0.15, 0.2) is 35.2 Å². The first-order valence-electron chi connectivity index (χ1n) is 6.42. The van der Waals surface area contributed by atoms with Gasteiger partial charge in [0.2, 0.25) is 10.0 Å². The van der Waals surface area contributed by atoms with Crippen LogP contribution in [0.1, 0.15) is 30.6 Å². The molecule has 0 radical (unpaired) electrons. The number of rotatable bonds is 8. The average Bonchev–Trinajstić information content (AvgIpc) is 2.42. The van der Waals surface area contributed by atoms with Crippen LogP contribution in [0.5, 0.6) is 5.75 Å². The summed E-state index contributed by atoms with van der Waals surface area (Å²) in [6.07, 6.45) is 0.722. The lowest BCUT2D eigenvalue weighted by Gasteiger charge is -2.11. The zero-order chi connectivity index (χ0) is 16.0. The first-order valence-corrected chi connectivity index (χ1v) is 7.90. The molecule has 0 bridgehead atoms. The number of carboxylic acids is 1. The molecule has 116 valence electrons. The first kappa shape index (κ1) is 17.2. The highest BCUT2D eigenvalue weighted by Crippen LogP contribution is 2.23. The molecule has 0 saturated carbocycles. The third kappa shape index (κ3) is 4.87. The van der Waals surface area contributed by atoms with E-state index in [1.165, 1.54) is 12.1 Å². The summed E-state index contributed by atoms with van der Waals surface area (Å²) in [4.78, 5) is 11.1. The van der Waals surface area contributed by atoms with Gasteiger partial charge in [0.05, 0.1) is 11.5 Å². The van der Waals surface area contributed by atoms with E-state index in [1.807, 2.05) is 6.92 Å². The lowest BCUT2D eigenvalue weighted by atomic mass is 10.2. The smallest absolute Gasteiger partial charge is 0.339 e. The SMILES string of the molecule is C=C(C)CNS(=O)(=O)c1ccc(OCCC)c(C(=O)O)c1. The summed E-state index contributed by atoms with van der Waals surface area (Å²) in [5.41, 5.74) is 0.474. The van der Waals surface area contributed by atoms with Gasteiger partial charge in [-0.25, -0.2) is 17.9 Å². The molecule has 0 aromatic heterocycles. The van der Waals surface area contributed by atoms with Crippen LogP contribution in [0.25, 0.3) is 0 Å². The summed E-state index contributed by atoms with van der Waals surface area (Å²) < 4.78 is 31.7. The van der Waals surface area contributed by atoms with E-state index >= 15 is 0 Å². The predicted octanol–water partition coefficient (Wildman–Crippen LogP) is 2.03. The molecule has 0 aliphatic heterocycles. The molecule has 1 aromatic rings. The largest absolute Gasteiger partial charge is 0.493 e. The minimum Gasteiger partial charge on any atom is -0.493 e. The van der Waals surface area contributed by atoms with E-state index in [2.05, 4.69) is 11.3 Å². The van der Waals surface area contributed by atoms with Gasteiger partial charge in [-0.3, -0.25) is 0 Å². The molecular weight excluding hydrogens is 294 g/mol. The highest BCUT2D eigenvalue weighted by atomic mass is 32.2. The topological polar surface area (TPSA) is 92.7 Å². The summed E-state index contributed by atoms with van der Waals surface area (Å²) in [7, 11) is -3.78. The Bertz CT molecular complexity index is 637. The van der Waals surface area contributed by atoms with Crippen molar-refractivity contribution >= 4 is 16.0 Å². The molecule has 2 N–H and O–H groups in total. The minimum absolute atomic E-state index is 0.0961. The number of hydrogen-bond acceptors (Lipinski definition) is 4. The monoisotopic (exact) mass is 313 g/mol. The molecular formula is C14H19NO5S. The maximum Gasteiger partial charge on any atom is 0.339 e. The highest BCUT2D eigenvalue weighted by Gasteiger charge is 2.19. The van der Waals surface area contributed by atoms with Gasteiger partial charge in [-0.1, -0.05) is 19.1 Å². The lowest BCUT2D eigenvalue weighted by Crippen LogP contribution is -2.25. The van der Waals surface area contributed by atoms with Gasteiger partial charge in [0.1, 0.15) is 11.3 Å². The first-order chi connectivity index (χ1) is 9.77. The molecule has 0 aliphatic rings. The molecule has 7 heteroatoms. The number of nitrogens with one attached hydrogen (secondary N) is 1. The minimum atomic E-state index is -3.78. The number of carbonyl (C=O) groups is 1. The van der Waals surface area contributed by atoms with Crippen LogP contribution in [0.2, 0.25) is 0 Å². The van der Waals surface area contributed by atoms with E-state index in [4.69, 9.17) is 9.84 Å². The summed E-state index contributed by atoms with van der Waals surface area (Å²) in [5, 5.41) is 9.16. The van der Waals surface area contributed by atoms with E-state index in [0.29, 0.717) is 12.2 Å². The van der Waals surface area contributed by atoms with Crippen LogP contribution in [0, 0.1) is 0 Å². The van der Waals surface area contributed by atoms with Gasteiger partial charge in [0.25, 0.3) is 0 Å². The lowest BCUT2D eigenvalue weighted by molar-refractivity contribution is 0.0692. The van der Waals surface area contributed by atoms with Crippen molar-refractivity contribution in [2.75, 3.05) is 13.2 Å². The Balaban J connectivity index is 3.13. The van der Waals surface area contributed by atoms with Crippen LogP contribution in [-0.2, 0) is 10.0 Å². The Labute approximate surface area is 124 Å². The zero-order valence-electron chi connectivity index (χ0n) is 12.0. The quantitative estimate of drug-likeness (QED) is 0.716. The van der Waals surface area contributed by atoms with E-state index in [-0.39, 0.29) is 22.8 Å². The summed E-state index contributed by atoms with van der Waals surface area (Å²) in [6.45, 7) is 7.64. The van der Waals surface area contributed by atoms with Gasteiger partial charge < -0.3 is 9.84 Å². The van der Waals surface area contributed by atoms with E-state index in [0.717, 1.165) is 12.5 Å². The highest BCUT2D eigenvalue weighted by molar-refractivity contribution is 7.89. The molecule has 1 rings (SSSR count). The van der Waals surface area contributed by atoms with Gasteiger partial charge in [-0.2, -0.15) is 0 Å². The Morgan fingerprint density at radius 2 is 2.10 bits per heavy atom. The Kier molecular flexibility index (Phi) is 5.92. The van der Waals surface area contributed by atoms with E-state index in [1.54, 1.807) is 6.92 Å². The van der Waals surface area contributed by atoms with Crippen molar-refractivity contribution in [2.45, 2.75) is 25.2 Å². The third-order valence-electron chi connectivity index (χ3n) is 2.52. The second kappa shape index (κ2) is 7.24. The molecule has 0 heterocycles. The number of sulfonamides is 1. The van der Waals surface area contributed by atoms with Crippen LogP contribution in [0.3, 0.4) is 0 Å². The van der Waals surface area contributed by atoms with Crippen LogP contribution in [0.4, 0.5) is 0 Å². The molecule has 6 nitrogen and oxygen atoms in total. The Morgan fingerprint density at radius 3 is 2.62 bits per heavy atom. The molecule has 1 aromatic carbocycles. The maximum absolute atomic E-state index is 12.1. The van der Waals surface area contributed by atoms with Crippen LogP contribution in [-0.4, -0.2) is 32.6 Å². The predicted molar refractivity (Wildman–Crippen MR) is 79.2 cm³/mol. The molecule has 0 unspecified atom stereocenters. The summed E-state index contributed by atoms with van der Waals surface area (Å²) >= 11 is 0. The molecule has 0 aliphatic carbocycles. The second-order valence-corrected chi connectivity index (χ2v) is 6.36. The van der Waals surface area contributed by atoms with Crippen molar-refractivity contribution in [3.8, 4) is 5.75 Å². The fraction of sp³-hybridized carbons (Fsp3) is 0.357. The van der Waals surface area contributed by atoms with Crippen molar-refractivity contribution in [3.63, 3.8) is 0 Å². The van der Waals surface area contributed by atoms with Gasteiger partial charge in [0, 0.05) is 6.54 Å². The van der Waals surface area contributed by atoms with Crippen molar-refractivity contribution in [1.29, 1.82) is 0 Å². The number of ether oxygens (including phenoxy) is 1. The fourth-order valence-corrected chi connectivity index (χ4v) is 2.61. The van der Waals surface area contributed by atoms with Crippen LogP contribution >= 0.6 is 0 Å². The maximum atomic E-state index is 12.1. The second-order valence-electron chi connectivity index (χ2n) is 4.59. The van der Waals surface area contributed by atoms with Crippen LogP contribution < -0.4 is 9.46 Å². The van der Waals surface area contributed by atoms with E-state index < -0.39 is 16.0 Å². The van der Waals surface area contributed by atoms with Crippen molar-refractivity contribution in [2.24, 2.45) is 0 Å². The van der Waals surface area contributed by atoms with Gasteiger partial charge in [-0.15, -0.1) is 0 Å². The van der Waals surface area contributed by atoms with Gasteiger partial charge in [0.15, 0.2) is 0 Å². The number of benzene rings is 1. The van der Waals surface area contributed by atoms with Crippen molar-refractivity contribution in [3.05, 3.63) is 35.9 Å².